The molecule has 0 radical (unpaired) electrons. The summed E-state index contributed by atoms with van der Waals surface area (Å²) in [7, 11) is 0. The van der Waals surface area contributed by atoms with Gasteiger partial charge in [-0.2, -0.15) is 0 Å². The summed E-state index contributed by atoms with van der Waals surface area (Å²) in [5.74, 6) is 0.865. The Morgan fingerprint density at radius 1 is 1.31 bits per heavy atom. The Morgan fingerprint density at radius 3 is 2.69 bits per heavy atom. The molecule has 1 heterocycles. The van der Waals surface area contributed by atoms with Crippen molar-refractivity contribution in [2.45, 2.75) is 65.5 Å². The minimum atomic E-state index is 0.674. The second-order valence-corrected chi connectivity index (χ2v) is 5.76. The maximum Gasteiger partial charge on any atom is 0.0218 e. The standard InChI is InChI=1S/C14H30N2/c1-5-14-10-15-13(4)11-16(14)9-7-6-8-12(2)3/h12-15H,5-11H2,1-4H3. The molecule has 1 aliphatic heterocycles. The van der Waals surface area contributed by atoms with E-state index in [4.69, 9.17) is 0 Å². The molecule has 0 saturated carbocycles. The van der Waals surface area contributed by atoms with Crippen molar-refractivity contribution in [1.82, 2.24) is 10.2 Å². The molecule has 0 aliphatic carbocycles. The van der Waals surface area contributed by atoms with Gasteiger partial charge < -0.3 is 5.32 Å². The number of hydrogen-bond donors (Lipinski definition) is 1. The molecule has 0 spiro atoms. The fraction of sp³-hybridized carbons (Fsp3) is 1.00. The quantitative estimate of drug-likeness (QED) is 0.701. The SMILES string of the molecule is CCC1CNC(C)CN1CCCCC(C)C. The van der Waals surface area contributed by atoms with E-state index in [-0.39, 0.29) is 0 Å². The molecular formula is C14H30N2. The number of nitrogens with one attached hydrogen (secondary N) is 1. The van der Waals surface area contributed by atoms with Crippen LogP contribution < -0.4 is 5.32 Å². The van der Waals surface area contributed by atoms with E-state index in [2.05, 4.69) is 37.9 Å². The average molecular weight is 226 g/mol. The third-order valence-corrected chi connectivity index (χ3v) is 3.67. The molecule has 0 amide bonds. The highest BCUT2D eigenvalue weighted by Gasteiger charge is 2.23. The topological polar surface area (TPSA) is 15.3 Å². The molecule has 0 aromatic rings. The Balaban J connectivity index is 2.21. The fourth-order valence-corrected chi connectivity index (χ4v) is 2.58. The molecule has 0 aromatic heterocycles. The lowest BCUT2D eigenvalue weighted by Crippen LogP contribution is -2.55. The Labute approximate surface area is 102 Å². The number of rotatable bonds is 6. The maximum atomic E-state index is 3.58. The molecule has 2 unspecified atom stereocenters. The lowest BCUT2D eigenvalue weighted by Gasteiger charge is -2.39. The Morgan fingerprint density at radius 2 is 2.06 bits per heavy atom. The van der Waals surface area contributed by atoms with Crippen molar-refractivity contribution >= 4 is 0 Å². The first-order valence-electron chi connectivity index (χ1n) is 7.11. The van der Waals surface area contributed by atoms with Gasteiger partial charge in [0.1, 0.15) is 0 Å². The first-order valence-corrected chi connectivity index (χ1v) is 7.11. The van der Waals surface area contributed by atoms with Gasteiger partial charge in [-0.25, -0.2) is 0 Å². The average Bonchev–Trinajstić information content (AvgIpc) is 2.24. The van der Waals surface area contributed by atoms with Gasteiger partial charge in [0.25, 0.3) is 0 Å². The highest BCUT2D eigenvalue weighted by molar-refractivity contribution is 4.83. The fourth-order valence-electron chi connectivity index (χ4n) is 2.58. The van der Waals surface area contributed by atoms with E-state index < -0.39 is 0 Å². The van der Waals surface area contributed by atoms with Gasteiger partial charge in [-0.3, -0.25) is 4.90 Å². The molecule has 16 heavy (non-hydrogen) atoms. The third kappa shape index (κ3) is 4.84. The molecule has 1 N–H and O–H groups in total. The van der Waals surface area contributed by atoms with Gasteiger partial charge in [-0.05, 0) is 32.2 Å². The van der Waals surface area contributed by atoms with Crippen LogP contribution in [0, 0.1) is 5.92 Å². The summed E-state index contributed by atoms with van der Waals surface area (Å²) in [5.41, 5.74) is 0. The monoisotopic (exact) mass is 226 g/mol. The highest BCUT2D eigenvalue weighted by atomic mass is 15.2. The van der Waals surface area contributed by atoms with Gasteiger partial charge in [0.05, 0.1) is 0 Å². The normalized spacial score (nSPS) is 27.6. The molecule has 2 nitrogen and oxygen atoms in total. The van der Waals surface area contributed by atoms with Gasteiger partial charge in [0.2, 0.25) is 0 Å². The second-order valence-electron chi connectivity index (χ2n) is 5.76. The lowest BCUT2D eigenvalue weighted by atomic mass is 10.0. The highest BCUT2D eigenvalue weighted by Crippen LogP contribution is 2.13. The molecule has 1 aliphatic rings. The summed E-state index contributed by atoms with van der Waals surface area (Å²) in [6.07, 6.45) is 5.44. The van der Waals surface area contributed by atoms with Gasteiger partial charge in [-0.15, -0.1) is 0 Å². The van der Waals surface area contributed by atoms with Gasteiger partial charge >= 0.3 is 0 Å². The van der Waals surface area contributed by atoms with Crippen molar-refractivity contribution in [2.24, 2.45) is 5.92 Å². The van der Waals surface area contributed by atoms with E-state index >= 15 is 0 Å². The molecular weight excluding hydrogens is 196 g/mol. The minimum absolute atomic E-state index is 0.674. The molecule has 0 bridgehead atoms. The van der Waals surface area contributed by atoms with Crippen molar-refractivity contribution in [3.05, 3.63) is 0 Å². The third-order valence-electron chi connectivity index (χ3n) is 3.67. The number of nitrogens with zero attached hydrogens (tertiary/aromatic N) is 1. The second kappa shape index (κ2) is 7.29. The van der Waals surface area contributed by atoms with Gasteiger partial charge in [-0.1, -0.05) is 33.6 Å². The van der Waals surface area contributed by atoms with Crippen LogP contribution in [0.1, 0.15) is 53.4 Å². The Bertz CT molecular complexity index is 180. The van der Waals surface area contributed by atoms with Crippen LogP contribution in [0.4, 0.5) is 0 Å². The number of piperazine rings is 1. The summed E-state index contributed by atoms with van der Waals surface area (Å²) < 4.78 is 0. The van der Waals surface area contributed by atoms with Crippen molar-refractivity contribution in [1.29, 1.82) is 0 Å². The van der Waals surface area contributed by atoms with Crippen LogP contribution in [-0.4, -0.2) is 36.6 Å². The molecule has 2 heteroatoms. The van der Waals surface area contributed by atoms with Crippen molar-refractivity contribution < 1.29 is 0 Å². The Hall–Kier alpha value is -0.0800. The van der Waals surface area contributed by atoms with E-state index in [0.29, 0.717) is 6.04 Å². The summed E-state index contributed by atoms with van der Waals surface area (Å²) in [6, 6.07) is 1.45. The van der Waals surface area contributed by atoms with E-state index in [1.54, 1.807) is 0 Å². The summed E-state index contributed by atoms with van der Waals surface area (Å²) in [6.45, 7) is 13.0. The summed E-state index contributed by atoms with van der Waals surface area (Å²) in [4.78, 5) is 2.70. The molecule has 1 saturated heterocycles. The zero-order valence-electron chi connectivity index (χ0n) is 11.6. The maximum absolute atomic E-state index is 3.58. The zero-order chi connectivity index (χ0) is 12.0. The lowest BCUT2D eigenvalue weighted by molar-refractivity contribution is 0.129. The van der Waals surface area contributed by atoms with Crippen LogP contribution in [0.5, 0.6) is 0 Å². The largest absolute Gasteiger partial charge is 0.311 e. The molecule has 96 valence electrons. The molecule has 1 rings (SSSR count). The first-order chi connectivity index (χ1) is 7.63. The van der Waals surface area contributed by atoms with Crippen LogP contribution in [0.3, 0.4) is 0 Å². The minimum Gasteiger partial charge on any atom is -0.311 e. The molecule has 0 aromatic carbocycles. The van der Waals surface area contributed by atoms with Crippen LogP contribution in [-0.2, 0) is 0 Å². The smallest absolute Gasteiger partial charge is 0.0218 e. The number of hydrogen-bond acceptors (Lipinski definition) is 2. The summed E-state index contributed by atoms with van der Waals surface area (Å²) in [5, 5.41) is 3.58. The van der Waals surface area contributed by atoms with Gasteiger partial charge in [0.15, 0.2) is 0 Å². The van der Waals surface area contributed by atoms with Crippen LogP contribution in [0.2, 0.25) is 0 Å². The van der Waals surface area contributed by atoms with Crippen molar-refractivity contribution in [3.8, 4) is 0 Å². The van der Waals surface area contributed by atoms with Crippen molar-refractivity contribution in [3.63, 3.8) is 0 Å². The first kappa shape index (κ1) is 14.0. The van der Waals surface area contributed by atoms with Gasteiger partial charge in [0, 0.05) is 25.2 Å². The number of unbranched alkanes of at least 4 members (excludes halogenated alkanes) is 1. The molecule has 2 atom stereocenters. The van der Waals surface area contributed by atoms with Crippen LogP contribution in [0.15, 0.2) is 0 Å². The molecule has 1 fully saturated rings. The van der Waals surface area contributed by atoms with E-state index in [1.165, 1.54) is 45.3 Å². The van der Waals surface area contributed by atoms with Crippen LogP contribution >= 0.6 is 0 Å². The van der Waals surface area contributed by atoms with Crippen LogP contribution in [0.25, 0.3) is 0 Å². The predicted octanol–water partition coefficient (Wildman–Crippen LogP) is 2.89. The predicted molar refractivity (Wildman–Crippen MR) is 71.8 cm³/mol. The van der Waals surface area contributed by atoms with E-state index in [9.17, 15) is 0 Å². The Kier molecular flexibility index (Phi) is 6.37. The van der Waals surface area contributed by atoms with E-state index in [0.717, 1.165) is 12.0 Å². The van der Waals surface area contributed by atoms with Crippen molar-refractivity contribution in [2.75, 3.05) is 19.6 Å². The van der Waals surface area contributed by atoms with E-state index in [1.807, 2.05) is 0 Å². The summed E-state index contributed by atoms with van der Waals surface area (Å²) >= 11 is 0. The zero-order valence-corrected chi connectivity index (χ0v) is 11.6.